The largest absolute Gasteiger partial charge is 0.481 e. The lowest BCUT2D eigenvalue weighted by Crippen LogP contribution is -2.40. The Balaban J connectivity index is 1.56. The van der Waals surface area contributed by atoms with E-state index in [9.17, 15) is 37.1 Å². The number of aromatic nitrogens is 3. The Bertz CT molecular complexity index is 1890. The molecule has 0 fully saturated rings. The Labute approximate surface area is 281 Å². The van der Waals surface area contributed by atoms with Gasteiger partial charge in [-0.15, -0.1) is 0 Å². The molecule has 2 heterocycles. The fourth-order valence-electron chi connectivity index (χ4n) is 6.95. The van der Waals surface area contributed by atoms with Gasteiger partial charge < -0.3 is 19.6 Å². The molecule has 2 aromatic heterocycles. The molecule has 0 unspecified atom stereocenters. The van der Waals surface area contributed by atoms with Crippen molar-refractivity contribution in [1.82, 2.24) is 19.4 Å². The molecule has 5 rings (SSSR count). The number of hydrogen-bond acceptors (Lipinski definition) is 4. The van der Waals surface area contributed by atoms with Crippen molar-refractivity contribution >= 4 is 11.9 Å². The average Bonchev–Trinajstić information content (AvgIpc) is 3.70. The number of fused-ring (bicyclic) bond motifs is 1. The molecule has 2 aromatic carbocycles. The number of imidazole rings is 1. The maximum atomic E-state index is 14.2. The number of carbonyl (C=O) groups is 2. The van der Waals surface area contributed by atoms with E-state index in [2.05, 4.69) is 10.3 Å². The van der Waals surface area contributed by atoms with Gasteiger partial charge in [-0.1, -0.05) is 19.9 Å². The van der Waals surface area contributed by atoms with E-state index in [1.165, 1.54) is 24.7 Å². The minimum absolute atomic E-state index is 0.0801. The van der Waals surface area contributed by atoms with E-state index in [0.29, 0.717) is 11.6 Å². The number of rotatable bonds is 12. The quantitative estimate of drug-likeness (QED) is 0.155. The van der Waals surface area contributed by atoms with Gasteiger partial charge in [0.05, 0.1) is 24.4 Å². The predicted molar refractivity (Wildman–Crippen MR) is 177 cm³/mol. The molecular weight excluding hydrogens is 640 g/mol. The van der Waals surface area contributed by atoms with Gasteiger partial charge in [-0.25, -0.2) is 9.37 Å². The maximum absolute atomic E-state index is 14.2. The normalized spacial score (nSPS) is 14.1. The summed E-state index contributed by atoms with van der Waals surface area (Å²) in [6, 6.07) is 4.94. The lowest BCUT2D eigenvalue weighted by Gasteiger charge is -2.27. The number of aryl methyl sites for hydroxylation is 5. The van der Waals surface area contributed by atoms with Gasteiger partial charge >= 0.3 is 12.1 Å². The van der Waals surface area contributed by atoms with Crippen LogP contribution in [0.5, 0.6) is 0 Å². The van der Waals surface area contributed by atoms with E-state index >= 15 is 0 Å². The maximum Gasteiger partial charge on any atom is 0.416 e. The molecule has 0 aliphatic heterocycles. The van der Waals surface area contributed by atoms with E-state index in [4.69, 9.17) is 0 Å². The number of carboxylic acid groups (broad SMARTS) is 1. The standard InChI is InChI=1S/C37H40F4N4O4/c1-21(2)12-32(45-19-25(8-10-44-11-9-42-20-44)30(17-33(45)46)37(39,40)41)36(49)43-31(18-34(47)48)26-15-24-6-5-7-28(24)29(16-26)35-22(3)13-27(38)14-23(35)4/h9,11,13-17,19-21,31-32H,5-8,10,12,18H2,1-4H3,(H,43,49)(H,47,48)/t31-,32+/m0/s1. The van der Waals surface area contributed by atoms with Crippen molar-refractivity contribution in [3.05, 3.63) is 110 Å². The van der Waals surface area contributed by atoms with Crippen LogP contribution in [0.4, 0.5) is 17.6 Å². The summed E-state index contributed by atoms with van der Waals surface area (Å²) in [7, 11) is 0. The van der Waals surface area contributed by atoms with E-state index < -0.39 is 47.7 Å². The SMILES string of the molecule is Cc1cc(F)cc(C)c1-c1cc([C@H](CC(=O)O)NC(=O)[C@@H](CC(C)C)n2cc(CCn3ccnc3)c(C(F)(F)F)cc2=O)cc2c1CCC2. The summed E-state index contributed by atoms with van der Waals surface area (Å²) in [5, 5.41) is 12.8. The van der Waals surface area contributed by atoms with Gasteiger partial charge in [-0.05, 0) is 115 Å². The molecule has 4 aromatic rings. The molecule has 2 N–H and O–H groups in total. The van der Waals surface area contributed by atoms with Crippen molar-refractivity contribution < 1.29 is 32.3 Å². The number of aliphatic carboxylic acids is 1. The number of benzene rings is 2. The second kappa shape index (κ2) is 14.4. The average molecular weight is 681 g/mol. The Morgan fingerprint density at radius 1 is 1.06 bits per heavy atom. The number of carbonyl (C=O) groups excluding carboxylic acids is 1. The molecule has 8 nitrogen and oxygen atoms in total. The molecular formula is C37H40F4N4O4. The highest BCUT2D eigenvalue weighted by atomic mass is 19.4. The lowest BCUT2D eigenvalue weighted by molar-refractivity contribution is -0.139. The highest BCUT2D eigenvalue weighted by Crippen LogP contribution is 2.39. The number of carboxylic acids is 1. The molecule has 49 heavy (non-hydrogen) atoms. The number of alkyl halides is 3. The van der Waals surface area contributed by atoms with Crippen molar-refractivity contribution in [3.8, 4) is 11.1 Å². The molecule has 1 aliphatic rings. The predicted octanol–water partition coefficient (Wildman–Crippen LogP) is 7.14. The zero-order chi connectivity index (χ0) is 35.6. The summed E-state index contributed by atoms with van der Waals surface area (Å²) < 4.78 is 59.1. The second-order valence-electron chi connectivity index (χ2n) is 13.3. The first-order chi connectivity index (χ1) is 23.1. The third-order valence-electron chi connectivity index (χ3n) is 9.10. The topological polar surface area (TPSA) is 106 Å². The van der Waals surface area contributed by atoms with E-state index in [1.54, 1.807) is 10.8 Å². The van der Waals surface area contributed by atoms with E-state index in [1.807, 2.05) is 39.8 Å². The smallest absolute Gasteiger partial charge is 0.416 e. The van der Waals surface area contributed by atoms with E-state index in [0.717, 1.165) is 63.4 Å². The van der Waals surface area contributed by atoms with Gasteiger partial charge in [0.1, 0.15) is 11.9 Å². The molecule has 0 saturated carbocycles. The summed E-state index contributed by atoms with van der Waals surface area (Å²) >= 11 is 0. The van der Waals surface area contributed by atoms with Gasteiger partial charge in [0.25, 0.3) is 5.56 Å². The van der Waals surface area contributed by atoms with Crippen molar-refractivity contribution in [2.75, 3.05) is 0 Å². The molecule has 0 radical (unpaired) electrons. The Morgan fingerprint density at radius 3 is 2.39 bits per heavy atom. The van der Waals surface area contributed by atoms with Gasteiger partial charge in [0.2, 0.25) is 5.91 Å². The van der Waals surface area contributed by atoms with Gasteiger partial charge in [0.15, 0.2) is 0 Å². The molecule has 12 heteroatoms. The van der Waals surface area contributed by atoms with Crippen LogP contribution in [0, 0.1) is 25.6 Å². The van der Waals surface area contributed by atoms with Crippen molar-refractivity contribution in [3.63, 3.8) is 0 Å². The van der Waals surface area contributed by atoms with Crippen molar-refractivity contribution in [1.29, 1.82) is 0 Å². The number of amides is 1. The first-order valence-electron chi connectivity index (χ1n) is 16.3. The van der Waals surface area contributed by atoms with Crippen LogP contribution in [0.15, 0.2) is 60.0 Å². The Morgan fingerprint density at radius 2 is 1.78 bits per heavy atom. The van der Waals surface area contributed by atoms with E-state index in [-0.39, 0.29) is 36.7 Å². The Kier molecular flexibility index (Phi) is 10.4. The number of pyridine rings is 1. The number of halogens is 4. The van der Waals surface area contributed by atoms with Crippen molar-refractivity contribution in [2.45, 2.75) is 91.0 Å². The van der Waals surface area contributed by atoms with Gasteiger partial charge in [-0.2, -0.15) is 13.2 Å². The molecule has 1 amide bonds. The van der Waals surface area contributed by atoms with Crippen LogP contribution in [0.2, 0.25) is 0 Å². The summed E-state index contributed by atoms with van der Waals surface area (Å²) in [6.45, 7) is 7.45. The van der Waals surface area contributed by atoms with Crippen LogP contribution in [0.3, 0.4) is 0 Å². The summed E-state index contributed by atoms with van der Waals surface area (Å²) in [4.78, 5) is 43.5. The third-order valence-corrected chi connectivity index (χ3v) is 9.10. The zero-order valence-electron chi connectivity index (χ0n) is 27.9. The first-order valence-corrected chi connectivity index (χ1v) is 16.3. The molecule has 1 aliphatic carbocycles. The molecule has 2 atom stereocenters. The highest BCUT2D eigenvalue weighted by molar-refractivity contribution is 5.82. The van der Waals surface area contributed by atoms with Gasteiger partial charge in [-0.3, -0.25) is 14.4 Å². The molecule has 260 valence electrons. The molecule has 0 spiro atoms. The molecule has 0 saturated heterocycles. The summed E-state index contributed by atoms with van der Waals surface area (Å²) in [5.74, 6) is -2.36. The van der Waals surface area contributed by atoms with Crippen LogP contribution in [-0.4, -0.2) is 31.1 Å². The minimum Gasteiger partial charge on any atom is -0.481 e. The second-order valence-corrected chi connectivity index (χ2v) is 13.3. The van der Waals surface area contributed by atoms with Crippen LogP contribution in [-0.2, 0) is 41.6 Å². The summed E-state index contributed by atoms with van der Waals surface area (Å²) in [6.07, 6.45) is 2.91. The number of nitrogens with zero attached hydrogens (tertiary/aromatic N) is 3. The Hall–Kier alpha value is -4.74. The van der Waals surface area contributed by atoms with Crippen molar-refractivity contribution in [2.24, 2.45) is 5.92 Å². The fourth-order valence-corrected chi connectivity index (χ4v) is 6.95. The first kappa shape index (κ1) is 35.6. The summed E-state index contributed by atoms with van der Waals surface area (Å²) in [5.41, 5.74) is 3.59. The monoisotopic (exact) mass is 680 g/mol. The zero-order valence-corrected chi connectivity index (χ0v) is 27.9. The van der Waals surface area contributed by atoms with Crippen LogP contribution in [0.25, 0.3) is 11.1 Å². The number of nitrogens with one attached hydrogen (secondary N) is 1. The highest BCUT2D eigenvalue weighted by Gasteiger charge is 2.36. The molecule has 0 bridgehead atoms. The van der Waals surface area contributed by atoms with Crippen LogP contribution >= 0.6 is 0 Å². The van der Waals surface area contributed by atoms with Crippen LogP contribution in [0.1, 0.15) is 84.1 Å². The van der Waals surface area contributed by atoms with Gasteiger partial charge in [0, 0.05) is 31.2 Å². The lowest BCUT2D eigenvalue weighted by atomic mass is 9.87. The van der Waals surface area contributed by atoms with Crippen LogP contribution < -0.4 is 10.9 Å². The third kappa shape index (κ3) is 8.12. The number of hydrogen-bond donors (Lipinski definition) is 2. The fraction of sp³-hybridized carbons (Fsp3) is 0.405. The minimum atomic E-state index is -4.79.